The first-order valence-corrected chi connectivity index (χ1v) is 4.60. The van der Waals surface area contributed by atoms with Crippen LogP contribution in [0.1, 0.15) is 11.3 Å². The number of pyridine rings is 1. The van der Waals surface area contributed by atoms with Gasteiger partial charge >= 0.3 is 0 Å². The maximum atomic E-state index is 4.58. The molecule has 0 bridgehead atoms. The summed E-state index contributed by atoms with van der Waals surface area (Å²) in [6.45, 7) is 1.98. The van der Waals surface area contributed by atoms with Crippen LogP contribution in [0.5, 0.6) is 0 Å². The lowest BCUT2D eigenvalue weighted by Gasteiger charge is -2.15. The Labute approximate surface area is 76.2 Å². The van der Waals surface area contributed by atoms with E-state index >= 15 is 0 Å². The van der Waals surface area contributed by atoms with Crippen molar-refractivity contribution >= 4 is 11.0 Å². The van der Waals surface area contributed by atoms with Crippen LogP contribution in [0, 0.1) is 0 Å². The minimum absolute atomic E-state index is 0.913. The van der Waals surface area contributed by atoms with Gasteiger partial charge in [-0.3, -0.25) is 0 Å². The second-order valence-corrected chi connectivity index (χ2v) is 3.43. The van der Waals surface area contributed by atoms with Crippen molar-refractivity contribution in [3.63, 3.8) is 0 Å². The third-order valence-electron chi connectivity index (χ3n) is 2.56. The molecule has 0 saturated carbocycles. The molecule has 0 aromatic carbocycles. The van der Waals surface area contributed by atoms with Crippen molar-refractivity contribution in [2.45, 2.75) is 13.0 Å². The number of rotatable bonds is 0. The number of aromatic nitrogens is 2. The smallest absolute Gasteiger partial charge is 0.0882 e. The molecule has 1 aliphatic rings. The molecule has 2 N–H and O–H groups in total. The second-order valence-electron chi connectivity index (χ2n) is 3.43. The average Bonchev–Trinajstić information content (AvgIpc) is 2.61. The Hall–Kier alpha value is -1.35. The quantitative estimate of drug-likeness (QED) is 0.628. The highest BCUT2D eigenvalue weighted by atomic mass is 14.9. The molecule has 0 spiro atoms. The van der Waals surface area contributed by atoms with Crippen LogP contribution >= 0.6 is 0 Å². The maximum absolute atomic E-state index is 4.58. The van der Waals surface area contributed by atoms with Crippen molar-refractivity contribution in [2.24, 2.45) is 0 Å². The summed E-state index contributed by atoms with van der Waals surface area (Å²) in [7, 11) is 0. The van der Waals surface area contributed by atoms with Crippen LogP contribution in [0.3, 0.4) is 0 Å². The predicted molar refractivity (Wildman–Crippen MR) is 51.5 cm³/mol. The van der Waals surface area contributed by atoms with Crippen LogP contribution in [0.4, 0.5) is 0 Å². The molecule has 0 atom stereocenters. The van der Waals surface area contributed by atoms with Gasteiger partial charge in [-0.15, -0.1) is 0 Å². The summed E-state index contributed by atoms with van der Waals surface area (Å²) in [5.74, 6) is 0. The maximum Gasteiger partial charge on any atom is 0.0882 e. The predicted octanol–water partition coefficient (Wildman–Crippen LogP) is 1.21. The molecule has 0 saturated heterocycles. The standard InChI is InChI=1S/C10H11N3/c1-3-11-6-10-7(1)5-9-8(13-10)2-4-12-9/h2,4-5,11-12H,1,3,6H2. The minimum Gasteiger partial charge on any atom is -0.360 e. The van der Waals surface area contributed by atoms with Gasteiger partial charge in [-0.2, -0.15) is 0 Å². The van der Waals surface area contributed by atoms with E-state index in [1.165, 1.54) is 11.3 Å². The van der Waals surface area contributed by atoms with Crippen LogP contribution < -0.4 is 5.32 Å². The average molecular weight is 173 g/mol. The number of fused-ring (bicyclic) bond motifs is 2. The first-order chi connectivity index (χ1) is 6.43. The molecule has 3 heterocycles. The lowest BCUT2D eigenvalue weighted by Crippen LogP contribution is -2.24. The van der Waals surface area contributed by atoms with E-state index in [1.807, 2.05) is 12.3 Å². The summed E-state index contributed by atoms with van der Waals surface area (Å²) in [4.78, 5) is 7.77. The number of nitrogens with zero attached hydrogens (tertiary/aromatic N) is 1. The topological polar surface area (TPSA) is 40.7 Å². The molecule has 0 aliphatic carbocycles. The lowest BCUT2D eigenvalue weighted by molar-refractivity contribution is 0.630. The van der Waals surface area contributed by atoms with Crippen molar-refractivity contribution in [3.05, 3.63) is 29.6 Å². The fraction of sp³-hybridized carbons (Fsp3) is 0.300. The van der Waals surface area contributed by atoms with Gasteiger partial charge in [-0.25, -0.2) is 4.98 Å². The Kier molecular flexibility index (Phi) is 1.40. The van der Waals surface area contributed by atoms with E-state index in [2.05, 4.69) is 21.4 Å². The zero-order valence-corrected chi connectivity index (χ0v) is 7.30. The molecular formula is C10H11N3. The van der Waals surface area contributed by atoms with Gasteiger partial charge in [0.1, 0.15) is 0 Å². The first-order valence-electron chi connectivity index (χ1n) is 4.60. The number of nitrogens with one attached hydrogen (secondary N) is 2. The molecule has 3 rings (SSSR count). The largest absolute Gasteiger partial charge is 0.360 e. The van der Waals surface area contributed by atoms with Gasteiger partial charge in [-0.05, 0) is 30.7 Å². The van der Waals surface area contributed by atoms with Gasteiger partial charge in [0, 0.05) is 12.7 Å². The Balaban J connectivity index is 2.28. The lowest BCUT2D eigenvalue weighted by atomic mass is 10.1. The summed E-state index contributed by atoms with van der Waals surface area (Å²) in [6.07, 6.45) is 3.04. The van der Waals surface area contributed by atoms with Gasteiger partial charge in [0.2, 0.25) is 0 Å². The fourth-order valence-electron chi connectivity index (χ4n) is 1.86. The number of H-pyrrole nitrogens is 1. The van der Waals surface area contributed by atoms with Crippen LogP contribution in [0.15, 0.2) is 18.3 Å². The van der Waals surface area contributed by atoms with E-state index in [9.17, 15) is 0 Å². The van der Waals surface area contributed by atoms with E-state index in [-0.39, 0.29) is 0 Å². The summed E-state index contributed by atoms with van der Waals surface area (Å²) in [6, 6.07) is 4.24. The van der Waals surface area contributed by atoms with E-state index in [0.29, 0.717) is 0 Å². The fourth-order valence-corrected chi connectivity index (χ4v) is 1.86. The van der Waals surface area contributed by atoms with Gasteiger partial charge in [0.15, 0.2) is 0 Å². The monoisotopic (exact) mass is 173 g/mol. The summed E-state index contributed by atoms with van der Waals surface area (Å²) in [5.41, 5.74) is 4.81. The zero-order valence-electron chi connectivity index (χ0n) is 7.30. The van der Waals surface area contributed by atoms with Crippen molar-refractivity contribution in [1.29, 1.82) is 0 Å². The van der Waals surface area contributed by atoms with E-state index < -0.39 is 0 Å². The normalized spacial score (nSPS) is 16.0. The van der Waals surface area contributed by atoms with Gasteiger partial charge in [-0.1, -0.05) is 0 Å². The second kappa shape index (κ2) is 2.57. The molecule has 2 aromatic rings. The molecule has 13 heavy (non-hydrogen) atoms. The molecule has 0 radical (unpaired) electrons. The molecule has 3 nitrogen and oxygen atoms in total. The highest BCUT2D eigenvalue weighted by Crippen LogP contribution is 2.17. The summed E-state index contributed by atoms with van der Waals surface area (Å²) < 4.78 is 0. The third-order valence-corrected chi connectivity index (χ3v) is 2.56. The number of hydrogen-bond acceptors (Lipinski definition) is 2. The molecule has 0 fully saturated rings. The number of hydrogen-bond donors (Lipinski definition) is 2. The molecule has 3 heteroatoms. The molecule has 2 aromatic heterocycles. The van der Waals surface area contributed by atoms with Crippen molar-refractivity contribution in [1.82, 2.24) is 15.3 Å². The Morgan fingerprint density at radius 3 is 3.38 bits per heavy atom. The van der Waals surface area contributed by atoms with Gasteiger partial charge in [0.25, 0.3) is 0 Å². The van der Waals surface area contributed by atoms with Gasteiger partial charge < -0.3 is 10.3 Å². The Morgan fingerprint density at radius 2 is 2.38 bits per heavy atom. The van der Waals surface area contributed by atoms with Crippen molar-refractivity contribution in [2.75, 3.05) is 6.54 Å². The molecule has 0 amide bonds. The number of aromatic amines is 1. The van der Waals surface area contributed by atoms with E-state index in [1.54, 1.807) is 0 Å². The highest BCUT2D eigenvalue weighted by molar-refractivity contribution is 5.75. The third kappa shape index (κ3) is 1.04. The van der Waals surface area contributed by atoms with Crippen LogP contribution in [0.2, 0.25) is 0 Å². The summed E-state index contributed by atoms with van der Waals surface area (Å²) in [5, 5.41) is 3.33. The molecular weight excluding hydrogens is 162 g/mol. The van der Waals surface area contributed by atoms with Crippen molar-refractivity contribution in [3.8, 4) is 0 Å². The highest BCUT2D eigenvalue weighted by Gasteiger charge is 2.10. The molecule has 66 valence electrons. The Bertz CT molecular complexity index is 404. The molecule has 1 aliphatic heterocycles. The van der Waals surface area contributed by atoms with Crippen LogP contribution in [0.25, 0.3) is 11.0 Å². The van der Waals surface area contributed by atoms with Crippen molar-refractivity contribution < 1.29 is 0 Å². The van der Waals surface area contributed by atoms with Crippen LogP contribution in [-0.2, 0) is 13.0 Å². The van der Waals surface area contributed by atoms with Gasteiger partial charge in [0.05, 0.1) is 16.7 Å². The summed E-state index contributed by atoms with van der Waals surface area (Å²) >= 11 is 0. The first kappa shape index (κ1) is 7.09. The van der Waals surface area contributed by atoms with Crippen LogP contribution in [-0.4, -0.2) is 16.5 Å². The Morgan fingerprint density at radius 1 is 1.38 bits per heavy atom. The van der Waals surface area contributed by atoms with E-state index in [4.69, 9.17) is 0 Å². The molecule has 0 unspecified atom stereocenters. The zero-order chi connectivity index (χ0) is 8.67. The SMILES string of the molecule is c1cc2nc3c(cc2[nH]1)CCNC3. The van der Waals surface area contributed by atoms with E-state index in [0.717, 1.165) is 30.5 Å². The minimum atomic E-state index is 0.913.